The molecule has 0 unspecified atom stereocenters. The third-order valence-corrected chi connectivity index (χ3v) is 3.05. The molecule has 0 aliphatic heterocycles. The van der Waals surface area contributed by atoms with Crippen molar-refractivity contribution in [2.75, 3.05) is 5.88 Å². The fraction of sp³-hybridized carbons (Fsp3) is 0.235. The van der Waals surface area contributed by atoms with Gasteiger partial charge in [0.1, 0.15) is 18.2 Å². The monoisotopic (exact) mass is 303 g/mol. The number of ether oxygens (including phenoxy) is 1. The zero-order valence-electron chi connectivity index (χ0n) is 11.7. The molecular formula is C17H15ClFNO. The lowest BCUT2D eigenvalue weighted by Gasteiger charge is -2.08. The normalized spacial score (nSPS) is 9.86. The third kappa shape index (κ3) is 4.77. The molecule has 0 aliphatic rings. The van der Waals surface area contributed by atoms with Crippen LogP contribution in [0.1, 0.15) is 23.1 Å². The van der Waals surface area contributed by atoms with Gasteiger partial charge in [-0.05, 0) is 36.2 Å². The maximum atomic E-state index is 13.0. The Morgan fingerprint density at radius 3 is 2.90 bits per heavy atom. The second-order valence-corrected chi connectivity index (χ2v) is 4.89. The first kappa shape index (κ1) is 15.3. The molecular weight excluding hydrogens is 289 g/mol. The van der Waals surface area contributed by atoms with Crippen molar-refractivity contribution >= 4 is 11.6 Å². The van der Waals surface area contributed by atoms with E-state index in [1.165, 1.54) is 12.1 Å². The van der Waals surface area contributed by atoms with Crippen molar-refractivity contribution in [2.45, 2.75) is 20.0 Å². The highest BCUT2D eigenvalue weighted by molar-refractivity contribution is 6.18. The summed E-state index contributed by atoms with van der Waals surface area (Å²) in [6, 6.07) is 6.47. The van der Waals surface area contributed by atoms with E-state index in [2.05, 4.69) is 16.8 Å². The Kier molecular flexibility index (Phi) is 5.59. The van der Waals surface area contributed by atoms with Crippen molar-refractivity contribution < 1.29 is 9.13 Å². The summed E-state index contributed by atoms with van der Waals surface area (Å²) in [7, 11) is 0. The number of benzene rings is 1. The Morgan fingerprint density at radius 2 is 2.14 bits per heavy atom. The smallest absolute Gasteiger partial charge is 0.139 e. The molecule has 0 aliphatic carbocycles. The average molecular weight is 304 g/mol. The number of alkyl halides is 1. The van der Waals surface area contributed by atoms with Crippen molar-refractivity contribution in [1.29, 1.82) is 0 Å². The first-order chi connectivity index (χ1) is 10.2. The highest BCUT2D eigenvalue weighted by Gasteiger charge is 2.02. The highest BCUT2D eigenvalue weighted by Crippen LogP contribution is 2.15. The Morgan fingerprint density at radius 1 is 1.29 bits per heavy atom. The molecule has 0 bridgehead atoms. The summed E-state index contributed by atoms with van der Waals surface area (Å²) in [4.78, 5) is 4.09. The van der Waals surface area contributed by atoms with E-state index in [1.54, 1.807) is 18.5 Å². The molecule has 0 atom stereocenters. The van der Waals surface area contributed by atoms with Crippen LogP contribution in [-0.4, -0.2) is 10.9 Å². The van der Waals surface area contributed by atoms with Crippen molar-refractivity contribution in [1.82, 2.24) is 4.98 Å². The number of pyridine rings is 1. The lowest BCUT2D eigenvalue weighted by Crippen LogP contribution is -1.99. The van der Waals surface area contributed by atoms with Crippen LogP contribution >= 0.6 is 11.6 Å². The number of rotatable bonds is 4. The van der Waals surface area contributed by atoms with Gasteiger partial charge in [-0.3, -0.25) is 4.98 Å². The molecule has 4 heteroatoms. The molecule has 1 aromatic carbocycles. The van der Waals surface area contributed by atoms with E-state index < -0.39 is 0 Å². The molecule has 0 saturated carbocycles. The van der Waals surface area contributed by atoms with Gasteiger partial charge < -0.3 is 4.74 Å². The lowest BCUT2D eigenvalue weighted by molar-refractivity contribution is 0.304. The van der Waals surface area contributed by atoms with E-state index >= 15 is 0 Å². The van der Waals surface area contributed by atoms with Crippen LogP contribution in [0.25, 0.3) is 0 Å². The van der Waals surface area contributed by atoms with Crippen LogP contribution in [0.3, 0.4) is 0 Å². The van der Waals surface area contributed by atoms with Crippen LogP contribution in [0.15, 0.2) is 36.7 Å². The van der Waals surface area contributed by atoms with E-state index in [-0.39, 0.29) is 5.82 Å². The molecule has 0 fully saturated rings. The third-order valence-electron chi connectivity index (χ3n) is 2.86. The number of aromatic nitrogens is 1. The lowest BCUT2D eigenvalue weighted by atomic mass is 10.1. The molecule has 0 spiro atoms. The van der Waals surface area contributed by atoms with Gasteiger partial charge in [-0.2, -0.15) is 0 Å². The van der Waals surface area contributed by atoms with Gasteiger partial charge in [-0.15, -0.1) is 11.6 Å². The average Bonchev–Trinajstić information content (AvgIpc) is 2.47. The van der Waals surface area contributed by atoms with Gasteiger partial charge in [0.25, 0.3) is 0 Å². The number of aryl methyl sites for hydroxylation is 1. The van der Waals surface area contributed by atoms with Crippen molar-refractivity contribution in [3.8, 4) is 17.6 Å². The van der Waals surface area contributed by atoms with Gasteiger partial charge in [0.2, 0.25) is 0 Å². The van der Waals surface area contributed by atoms with Crippen LogP contribution in [0.4, 0.5) is 4.39 Å². The molecule has 1 aromatic heterocycles. The molecule has 1 heterocycles. The van der Waals surface area contributed by atoms with E-state index in [4.69, 9.17) is 16.3 Å². The summed E-state index contributed by atoms with van der Waals surface area (Å²) in [5, 5.41) is 0. The first-order valence-corrected chi connectivity index (χ1v) is 7.10. The number of hydrogen-bond donors (Lipinski definition) is 0. The van der Waals surface area contributed by atoms with Crippen molar-refractivity contribution in [3.63, 3.8) is 0 Å². The molecule has 0 N–H and O–H groups in total. The molecule has 21 heavy (non-hydrogen) atoms. The zero-order chi connectivity index (χ0) is 15.1. The van der Waals surface area contributed by atoms with Gasteiger partial charge in [0, 0.05) is 24.1 Å². The summed E-state index contributed by atoms with van der Waals surface area (Å²) in [6.45, 7) is 2.22. The summed E-state index contributed by atoms with van der Waals surface area (Å²) < 4.78 is 18.7. The summed E-state index contributed by atoms with van der Waals surface area (Å²) in [5.41, 5.74) is 2.59. The molecule has 0 radical (unpaired) electrons. The second-order valence-electron chi connectivity index (χ2n) is 4.51. The highest BCUT2D eigenvalue weighted by atomic mass is 35.5. The minimum absolute atomic E-state index is 0.241. The van der Waals surface area contributed by atoms with Crippen LogP contribution in [0.2, 0.25) is 0 Å². The summed E-state index contributed by atoms with van der Waals surface area (Å²) in [6.07, 6.45) is 3.95. The second kappa shape index (κ2) is 7.66. The summed E-state index contributed by atoms with van der Waals surface area (Å²) in [5.74, 6) is 6.83. The Labute approximate surface area is 128 Å². The minimum Gasteiger partial charge on any atom is -0.487 e. The van der Waals surface area contributed by atoms with E-state index in [0.29, 0.717) is 24.7 Å². The number of hydrogen-bond acceptors (Lipinski definition) is 2. The van der Waals surface area contributed by atoms with E-state index in [9.17, 15) is 4.39 Å². The first-order valence-electron chi connectivity index (χ1n) is 6.57. The maximum absolute atomic E-state index is 13.0. The Bertz CT molecular complexity index is 676. The molecule has 0 amide bonds. The Hall–Kier alpha value is -2.05. The quantitative estimate of drug-likeness (QED) is 0.627. The number of halogens is 2. The Balaban J connectivity index is 2.03. The minimum atomic E-state index is -0.241. The van der Waals surface area contributed by atoms with E-state index in [0.717, 1.165) is 16.7 Å². The topological polar surface area (TPSA) is 22.1 Å². The van der Waals surface area contributed by atoms with Crippen molar-refractivity contribution in [2.24, 2.45) is 0 Å². The molecule has 2 nitrogen and oxygen atoms in total. The summed E-state index contributed by atoms with van der Waals surface area (Å²) >= 11 is 5.57. The SMILES string of the molecule is Cc1cc(F)ccc1COc1cncc(C#CCCCl)c1. The van der Waals surface area contributed by atoms with Crippen LogP contribution < -0.4 is 4.74 Å². The number of nitrogens with zero attached hydrogens (tertiary/aromatic N) is 1. The molecule has 2 aromatic rings. The van der Waals surface area contributed by atoms with E-state index in [1.807, 2.05) is 13.0 Å². The van der Waals surface area contributed by atoms with Crippen LogP contribution in [-0.2, 0) is 6.61 Å². The fourth-order valence-corrected chi connectivity index (χ4v) is 1.85. The fourth-order valence-electron chi connectivity index (χ4n) is 1.76. The van der Waals surface area contributed by atoms with Gasteiger partial charge >= 0.3 is 0 Å². The predicted molar refractivity (Wildman–Crippen MR) is 81.9 cm³/mol. The van der Waals surface area contributed by atoms with Gasteiger partial charge in [0.15, 0.2) is 0 Å². The zero-order valence-corrected chi connectivity index (χ0v) is 12.5. The van der Waals surface area contributed by atoms with Gasteiger partial charge in [-0.25, -0.2) is 4.39 Å². The standard InChI is InChI=1S/C17H15ClFNO/c1-13-8-16(19)6-5-15(13)12-21-17-9-14(10-20-11-17)4-2-3-7-18/h5-6,8-11H,3,7,12H2,1H3. The largest absolute Gasteiger partial charge is 0.487 e. The maximum Gasteiger partial charge on any atom is 0.139 e. The van der Waals surface area contributed by atoms with Gasteiger partial charge in [0.05, 0.1) is 6.20 Å². The van der Waals surface area contributed by atoms with Crippen LogP contribution in [0, 0.1) is 24.6 Å². The van der Waals surface area contributed by atoms with Gasteiger partial charge in [-0.1, -0.05) is 17.9 Å². The molecule has 0 saturated heterocycles. The molecule has 108 valence electrons. The molecule has 2 rings (SSSR count). The predicted octanol–water partition coefficient (Wildman–Crippen LogP) is 4.09. The van der Waals surface area contributed by atoms with Crippen LogP contribution in [0.5, 0.6) is 5.75 Å². The van der Waals surface area contributed by atoms with Crippen molar-refractivity contribution in [3.05, 3.63) is 59.2 Å².